The number of aromatic amines is 1. The van der Waals surface area contributed by atoms with Gasteiger partial charge in [-0.1, -0.05) is 48.5 Å². The highest BCUT2D eigenvalue weighted by Gasteiger charge is 2.23. The number of furan rings is 1. The first kappa shape index (κ1) is 25.2. The number of aliphatic carboxylic acids is 1. The summed E-state index contributed by atoms with van der Waals surface area (Å²) in [6.45, 7) is 1.83. The molecule has 0 radical (unpaired) electrons. The lowest BCUT2D eigenvalue weighted by Gasteiger charge is -2.14. The minimum Gasteiger partial charge on any atom is -0.480 e. The molecule has 0 aliphatic carbocycles. The second kappa shape index (κ2) is 10.2. The zero-order valence-electron chi connectivity index (χ0n) is 21.7. The number of nitrogens with one attached hydrogen (secondary N) is 2. The molecule has 3 heterocycles. The maximum Gasteiger partial charge on any atom is 0.339 e. The van der Waals surface area contributed by atoms with Crippen molar-refractivity contribution >= 4 is 44.7 Å². The molecule has 40 heavy (non-hydrogen) atoms. The Bertz CT molecular complexity index is 1950. The van der Waals surface area contributed by atoms with Gasteiger partial charge in [-0.25, -0.2) is 9.59 Å². The number of H-pyrrole nitrogens is 1. The number of aromatic nitrogens is 1. The third-order valence-electron chi connectivity index (χ3n) is 7.40. The van der Waals surface area contributed by atoms with Gasteiger partial charge in [0.2, 0.25) is 5.91 Å². The first-order valence-corrected chi connectivity index (χ1v) is 13.0. The number of para-hydroxylation sites is 1. The minimum absolute atomic E-state index is 0.0575. The van der Waals surface area contributed by atoms with Crippen molar-refractivity contribution < 1.29 is 23.5 Å². The van der Waals surface area contributed by atoms with Crippen molar-refractivity contribution in [3.8, 4) is 11.1 Å². The van der Waals surface area contributed by atoms with Crippen LogP contribution in [0, 0.1) is 6.92 Å². The molecule has 6 aromatic rings. The van der Waals surface area contributed by atoms with Crippen molar-refractivity contribution in [1.82, 2.24) is 10.3 Å². The molecule has 8 nitrogen and oxygen atoms in total. The SMILES string of the molecule is Cc1c(CCC(=O)N[C@H](Cc2c[nH]c3ccccc23)C(=O)O)c(=O)oc2cc3occ(-c4ccccc4)c3cc12. The Morgan fingerprint density at radius 2 is 1.75 bits per heavy atom. The van der Waals surface area contributed by atoms with Crippen LogP contribution < -0.4 is 10.9 Å². The third kappa shape index (κ3) is 4.64. The van der Waals surface area contributed by atoms with Gasteiger partial charge in [0.1, 0.15) is 17.2 Å². The Morgan fingerprint density at radius 3 is 2.55 bits per heavy atom. The Hall–Kier alpha value is -5.11. The maximum absolute atomic E-state index is 12.9. The molecule has 1 atom stereocenters. The van der Waals surface area contributed by atoms with Gasteiger partial charge in [0, 0.05) is 57.9 Å². The number of hydrogen-bond acceptors (Lipinski definition) is 5. The van der Waals surface area contributed by atoms with Crippen molar-refractivity contribution in [3.05, 3.63) is 106 Å². The molecular formula is C32H26N2O6. The predicted octanol–water partition coefficient (Wildman–Crippen LogP) is 5.74. The van der Waals surface area contributed by atoms with Crippen LogP contribution in [0.25, 0.3) is 44.0 Å². The number of carbonyl (C=O) groups excluding carboxylic acids is 1. The average molecular weight is 535 g/mol. The van der Waals surface area contributed by atoms with Crippen LogP contribution in [0.4, 0.5) is 0 Å². The first-order chi connectivity index (χ1) is 19.4. The lowest BCUT2D eigenvalue weighted by molar-refractivity contribution is -0.141. The van der Waals surface area contributed by atoms with E-state index in [4.69, 9.17) is 8.83 Å². The molecule has 0 unspecified atom stereocenters. The number of rotatable bonds is 8. The topological polar surface area (TPSA) is 126 Å². The summed E-state index contributed by atoms with van der Waals surface area (Å²) in [5.41, 5.74) is 5.22. The van der Waals surface area contributed by atoms with Crippen LogP contribution in [0.1, 0.15) is 23.1 Å². The van der Waals surface area contributed by atoms with Crippen LogP contribution in [-0.4, -0.2) is 28.0 Å². The highest BCUT2D eigenvalue weighted by atomic mass is 16.4. The van der Waals surface area contributed by atoms with E-state index in [9.17, 15) is 19.5 Å². The van der Waals surface area contributed by atoms with Crippen LogP contribution in [-0.2, 0) is 22.4 Å². The molecule has 8 heteroatoms. The van der Waals surface area contributed by atoms with Crippen LogP contribution >= 0.6 is 0 Å². The van der Waals surface area contributed by atoms with E-state index in [2.05, 4.69) is 10.3 Å². The molecule has 0 saturated carbocycles. The number of amides is 1. The second-order valence-corrected chi connectivity index (χ2v) is 9.87. The van der Waals surface area contributed by atoms with Gasteiger partial charge >= 0.3 is 11.6 Å². The fourth-order valence-corrected chi connectivity index (χ4v) is 5.27. The highest BCUT2D eigenvalue weighted by molar-refractivity contribution is 6.02. The molecule has 0 bridgehead atoms. The summed E-state index contributed by atoms with van der Waals surface area (Å²) in [6, 6.07) is 20.0. The Morgan fingerprint density at radius 1 is 0.975 bits per heavy atom. The average Bonchev–Trinajstić information content (AvgIpc) is 3.56. The van der Waals surface area contributed by atoms with E-state index in [1.165, 1.54) is 0 Å². The molecular weight excluding hydrogens is 508 g/mol. The van der Waals surface area contributed by atoms with Gasteiger partial charge in [-0.15, -0.1) is 0 Å². The van der Waals surface area contributed by atoms with Gasteiger partial charge in [-0.2, -0.15) is 0 Å². The summed E-state index contributed by atoms with van der Waals surface area (Å²) in [5.74, 6) is -1.58. The maximum atomic E-state index is 12.9. The third-order valence-corrected chi connectivity index (χ3v) is 7.40. The summed E-state index contributed by atoms with van der Waals surface area (Å²) < 4.78 is 11.4. The summed E-state index contributed by atoms with van der Waals surface area (Å²) in [6.07, 6.45) is 3.64. The molecule has 3 aromatic heterocycles. The van der Waals surface area contributed by atoms with E-state index < -0.39 is 23.5 Å². The van der Waals surface area contributed by atoms with Crippen molar-refractivity contribution in [3.63, 3.8) is 0 Å². The summed E-state index contributed by atoms with van der Waals surface area (Å²) in [5, 5.41) is 14.9. The lowest BCUT2D eigenvalue weighted by atomic mass is 9.98. The van der Waals surface area contributed by atoms with Gasteiger partial charge in [-0.3, -0.25) is 4.79 Å². The number of fused-ring (bicyclic) bond motifs is 3. The summed E-state index contributed by atoms with van der Waals surface area (Å²) in [7, 11) is 0. The van der Waals surface area contributed by atoms with E-state index in [1.54, 1.807) is 18.5 Å². The van der Waals surface area contributed by atoms with E-state index in [0.717, 1.165) is 43.9 Å². The van der Waals surface area contributed by atoms with Crippen molar-refractivity contribution in [2.24, 2.45) is 0 Å². The Labute approximate surface area is 228 Å². The minimum atomic E-state index is -1.13. The van der Waals surface area contributed by atoms with Crippen molar-refractivity contribution in [2.45, 2.75) is 32.2 Å². The second-order valence-electron chi connectivity index (χ2n) is 9.87. The van der Waals surface area contributed by atoms with E-state index in [1.807, 2.05) is 67.6 Å². The molecule has 0 saturated heterocycles. The van der Waals surface area contributed by atoms with Crippen LogP contribution in [0.2, 0.25) is 0 Å². The zero-order valence-corrected chi connectivity index (χ0v) is 21.7. The number of carbonyl (C=O) groups is 2. The molecule has 200 valence electrons. The number of carboxylic acid groups (broad SMARTS) is 1. The standard InChI is InChI=1S/C32H26N2O6/c1-18-21(11-12-30(35)34-27(31(36)37)13-20-16-33-26-10-6-5-9-22(20)26)32(38)40-29-15-28-24(14-23(18)29)25(17-39-28)19-7-3-2-4-8-19/h2-10,14-17,27,33H,11-13H2,1H3,(H,34,35)(H,36,37)/t27-/m1/s1. The molecule has 0 fully saturated rings. The fraction of sp³-hybridized carbons (Fsp3) is 0.156. The first-order valence-electron chi connectivity index (χ1n) is 13.0. The van der Waals surface area contributed by atoms with Crippen LogP contribution in [0.5, 0.6) is 0 Å². The number of hydrogen-bond donors (Lipinski definition) is 3. The van der Waals surface area contributed by atoms with Gasteiger partial charge in [-0.05, 0) is 42.2 Å². The molecule has 0 aliphatic heterocycles. The summed E-state index contributed by atoms with van der Waals surface area (Å²) >= 11 is 0. The smallest absolute Gasteiger partial charge is 0.339 e. The largest absolute Gasteiger partial charge is 0.480 e. The predicted molar refractivity (Wildman–Crippen MR) is 152 cm³/mol. The van der Waals surface area contributed by atoms with Gasteiger partial charge in [0.15, 0.2) is 0 Å². The molecule has 0 aliphatic rings. The Balaban J connectivity index is 1.23. The summed E-state index contributed by atoms with van der Waals surface area (Å²) in [4.78, 5) is 40.8. The number of carboxylic acids is 1. The zero-order chi connectivity index (χ0) is 27.8. The normalized spacial score (nSPS) is 12.2. The molecule has 6 rings (SSSR count). The van der Waals surface area contributed by atoms with Gasteiger partial charge in [0.25, 0.3) is 0 Å². The van der Waals surface area contributed by atoms with E-state index in [0.29, 0.717) is 16.7 Å². The van der Waals surface area contributed by atoms with E-state index in [-0.39, 0.29) is 19.3 Å². The van der Waals surface area contributed by atoms with Crippen LogP contribution in [0.15, 0.2) is 92.8 Å². The van der Waals surface area contributed by atoms with Crippen LogP contribution in [0.3, 0.4) is 0 Å². The van der Waals surface area contributed by atoms with Gasteiger partial charge < -0.3 is 24.2 Å². The molecule has 1 amide bonds. The van der Waals surface area contributed by atoms with Gasteiger partial charge in [0.05, 0.1) is 6.26 Å². The molecule has 3 aromatic carbocycles. The Kier molecular flexibility index (Phi) is 6.43. The lowest BCUT2D eigenvalue weighted by Crippen LogP contribution is -2.42. The molecule has 3 N–H and O–H groups in total. The number of aryl methyl sites for hydroxylation is 1. The monoisotopic (exact) mass is 534 g/mol. The molecule has 0 spiro atoms. The van der Waals surface area contributed by atoms with Crippen molar-refractivity contribution in [2.75, 3.05) is 0 Å². The quantitative estimate of drug-likeness (QED) is 0.214. The van der Waals surface area contributed by atoms with Crippen molar-refractivity contribution in [1.29, 1.82) is 0 Å². The van der Waals surface area contributed by atoms with E-state index >= 15 is 0 Å². The number of benzene rings is 3. The highest BCUT2D eigenvalue weighted by Crippen LogP contribution is 2.34. The fourth-order valence-electron chi connectivity index (χ4n) is 5.27.